The molecule has 0 amide bonds. The molecule has 0 aromatic heterocycles. The molecule has 0 aromatic rings. The third kappa shape index (κ3) is 2.29. The first-order valence-corrected chi connectivity index (χ1v) is 4.75. The SMILES string of the molecule is CN1C[C@H](O)C[C@H]1C(=O)C(C)(C)C. The van der Waals surface area contributed by atoms with Gasteiger partial charge in [0.05, 0.1) is 12.1 Å². The second-order valence-electron chi connectivity index (χ2n) is 4.96. The number of likely N-dealkylation sites (tertiary alicyclic amines) is 1. The minimum absolute atomic E-state index is 0.0880. The highest BCUT2D eigenvalue weighted by atomic mass is 16.3. The molecule has 0 spiro atoms. The van der Waals surface area contributed by atoms with E-state index in [0.29, 0.717) is 13.0 Å². The van der Waals surface area contributed by atoms with Gasteiger partial charge in [0, 0.05) is 12.0 Å². The van der Waals surface area contributed by atoms with Crippen molar-refractivity contribution in [3.05, 3.63) is 0 Å². The molecule has 1 fully saturated rings. The average Bonchev–Trinajstić information content (AvgIpc) is 2.26. The summed E-state index contributed by atoms with van der Waals surface area (Å²) in [5.41, 5.74) is -0.303. The van der Waals surface area contributed by atoms with Crippen LogP contribution in [-0.4, -0.2) is 41.5 Å². The Balaban J connectivity index is 2.68. The predicted octanol–water partition coefficient (Wildman–Crippen LogP) is 0.667. The van der Waals surface area contributed by atoms with Crippen molar-refractivity contribution in [2.24, 2.45) is 5.41 Å². The first-order chi connectivity index (χ1) is 5.82. The van der Waals surface area contributed by atoms with Crippen LogP contribution in [0.4, 0.5) is 0 Å². The lowest BCUT2D eigenvalue weighted by Gasteiger charge is -2.25. The maximum Gasteiger partial charge on any atom is 0.155 e. The van der Waals surface area contributed by atoms with Crippen LogP contribution in [0.25, 0.3) is 0 Å². The molecule has 1 aliphatic heterocycles. The Labute approximate surface area is 79.7 Å². The third-order valence-corrected chi connectivity index (χ3v) is 2.57. The summed E-state index contributed by atoms with van der Waals surface area (Å²) >= 11 is 0. The summed E-state index contributed by atoms with van der Waals surface area (Å²) in [5.74, 6) is 0.228. The smallest absolute Gasteiger partial charge is 0.155 e. The van der Waals surface area contributed by atoms with Crippen molar-refractivity contribution in [1.29, 1.82) is 0 Å². The number of hydrogen-bond acceptors (Lipinski definition) is 3. The molecule has 1 saturated heterocycles. The zero-order valence-corrected chi connectivity index (χ0v) is 8.87. The normalized spacial score (nSPS) is 30.8. The van der Waals surface area contributed by atoms with Gasteiger partial charge >= 0.3 is 0 Å². The highest BCUT2D eigenvalue weighted by Gasteiger charge is 2.38. The van der Waals surface area contributed by atoms with Crippen molar-refractivity contribution in [2.45, 2.75) is 39.3 Å². The Morgan fingerprint density at radius 2 is 2.00 bits per heavy atom. The van der Waals surface area contributed by atoms with E-state index in [-0.39, 0.29) is 23.3 Å². The molecule has 2 atom stereocenters. The van der Waals surface area contributed by atoms with Crippen LogP contribution in [0.1, 0.15) is 27.2 Å². The summed E-state index contributed by atoms with van der Waals surface area (Å²) in [6, 6.07) is -0.0880. The minimum atomic E-state index is -0.332. The molecule has 0 saturated carbocycles. The predicted molar refractivity (Wildman–Crippen MR) is 51.5 cm³/mol. The van der Waals surface area contributed by atoms with Gasteiger partial charge in [-0.3, -0.25) is 9.69 Å². The van der Waals surface area contributed by atoms with E-state index in [0.717, 1.165) is 0 Å². The molecule has 13 heavy (non-hydrogen) atoms. The van der Waals surface area contributed by atoms with E-state index >= 15 is 0 Å². The van der Waals surface area contributed by atoms with E-state index in [2.05, 4.69) is 0 Å². The van der Waals surface area contributed by atoms with Gasteiger partial charge in [0.1, 0.15) is 0 Å². The second kappa shape index (κ2) is 3.39. The van der Waals surface area contributed by atoms with Crippen LogP contribution in [0.2, 0.25) is 0 Å². The van der Waals surface area contributed by atoms with E-state index in [4.69, 9.17) is 0 Å². The van der Waals surface area contributed by atoms with Gasteiger partial charge in [-0.1, -0.05) is 20.8 Å². The van der Waals surface area contributed by atoms with Crippen molar-refractivity contribution in [2.75, 3.05) is 13.6 Å². The topological polar surface area (TPSA) is 40.5 Å². The molecule has 0 aliphatic carbocycles. The van der Waals surface area contributed by atoms with Gasteiger partial charge in [0.2, 0.25) is 0 Å². The Kier molecular flexibility index (Phi) is 2.78. The van der Waals surface area contributed by atoms with Crippen molar-refractivity contribution in [3.8, 4) is 0 Å². The molecule has 0 aromatic carbocycles. The molecule has 1 heterocycles. The highest BCUT2D eigenvalue weighted by Crippen LogP contribution is 2.25. The molecule has 0 radical (unpaired) electrons. The number of nitrogens with zero attached hydrogens (tertiary/aromatic N) is 1. The molecule has 1 rings (SSSR count). The monoisotopic (exact) mass is 185 g/mol. The van der Waals surface area contributed by atoms with Crippen molar-refractivity contribution in [3.63, 3.8) is 0 Å². The number of ketones is 1. The van der Waals surface area contributed by atoms with E-state index in [1.807, 2.05) is 32.7 Å². The maximum atomic E-state index is 11.9. The number of carbonyl (C=O) groups is 1. The quantitative estimate of drug-likeness (QED) is 0.652. The van der Waals surface area contributed by atoms with Gasteiger partial charge in [-0.2, -0.15) is 0 Å². The number of aliphatic hydroxyl groups is 1. The summed E-state index contributed by atoms with van der Waals surface area (Å²) in [6.45, 7) is 6.39. The van der Waals surface area contributed by atoms with Crippen LogP contribution in [0.5, 0.6) is 0 Å². The fourth-order valence-electron chi connectivity index (χ4n) is 1.78. The lowest BCUT2D eigenvalue weighted by atomic mass is 9.85. The van der Waals surface area contributed by atoms with E-state index < -0.39 is 0 Å². The third-order valence-electron chi connectivity index (χ3n) is 2.57. The van der Waals surface area contributed by atoms with Crippen LogP contribution in [0.15, 0.2) is 0 Å². The number of Topliss-reactive ketones (excluding diaryl/α,β-unsaturated/α-hetero) is 1. The van der Waals surface area contributed by atoms with Crippen molar-refractivity contribution >= 4 is 5.78 Å². The van der Waals surface area contributed by atoms with E-state index in [1.165, 1.54) is 0 Å². The molecule has 1 aliphatic rings. The van der Waals surface area contributed by atoms with Crippen molar-refractivity contribution < 1.29 is 9.90 Å². The zero-order valence-electron chi connectivity index (χ0n) is 8.87. The Hall–Kier alpha value is -0.410. The molecule has 3 heteroatoms. The van der Waals surface area contributed by atoms with Crippen molar-refractivity contribution in [1.82, 2.24) is 4.90 Å². The summed E-state index contributed by atoms with van der Waals surface area (Å²) < 4.78 is 0. The molecule has 3 nitrogen and oxygen atoms in total. The second-order valence-corrected chi connectivity index (χ2v) is 4.96. The average molecular weight is 185 g/mol. The van der Waals surface area contributed by atoms with E-state index in [9.17, 15) is 9.90 Å². The number of aliphatic hydroxyl groups excluding tert-OH is 1. The van der Waals surface area contributed by atoms with Gasteiger partial charge in [0.25, 0.3) is 0 Å². The summed E-state index contributed by atoms with van der Waals surface area (Å²) in [4.78, 5) is 13.8. The summed E-state index contributed by atoms with van der Waals surface area (Å²) in [6.07, 6.45) is 0.258. The lowest BCUT2D eigenvalue weighted by Crippen LogP contribution is -2.39. The zero-order chi connectivity index (χ0) is 10.2. The Morgan fingerprint density at radius 1 is 1.46 bits per heavy atom. The fraction of sp³-hybridized carbons (Fsp3) is 0.900. The first-order valence-electron chi connectivity index (χ1n) is 4.75. The summed E-state index contributed by atoms with van der Waals surface area (Å²) in [7, 11) is 1.89. The van der Waals surface area contributed by atoms with Crippen LogP contribution < -0.4 is 0 Å². The summed E-state index contributed by atoms with van der Waals surface area (Å²) in [5, 5.41) is 9.39. The van der Waals surface area contributed by atoms with Gasteiger partial charge < -0.3 is 5.11 Å². The largest absolute Gasteiger partial charge is 0.392 e. The number of β-amino-alcohol motifs (C(OH)–C–C–N with tert-alkyl or cyclic N) is 1. The minimum Gasteiger partial charge on any atom is -0.392 e. The van der Waals surface area contributed by atoms with E-state index in [1.54, 1.807) is 0 Å². The maximum absolute atomic E-state index is 11.9. The Bertz CT molecular complexity index is 207. The van der Waals surface area contributed by atoms with Crippen LogP contribution in [-0.2, 0) is 4.79 Å². The molecule has 0 unspecified atom stereocenters. The van der Waals surface area contributed by atoms with Crippen LogP contribution >= 0.6 is 0 Å². The fourth-order valence-corrected chi connectivity index (χ4v) is 1.78. The molecular formula is C10H19NO2. The number of hydrogen-bond donors (Lipinski definition) is 1. The molecule has 76 valence electrons. The van der Waals surface area contributed by atoms with Gasteiger partial charge in [-0.15, -0.1) is 0 Å². The van der Waals surface area contributed by atoms with Crippen LogP contribution in [0, 0.1) is 5.41 Å². The Morgan fingerprint density at radius 3 is 2.31 bits per heavy atom. The van der Waals surface area contributed by atoms with Crippen LogP contribution in [0.3, 0.4) is 0 Å². The van der Waals surface area contributed by atoms with Gasteiger partial charge in [-0.25, -0.2) is 0 Å². The standard InChI is InChI=1S/C10H19NO2/c1-10(2,3)9(13)8-5-7(12)6-11(8)4/h7-8,12H,5-6H2,1-4H3/t7-,8+/m1/s1. The first kappa shape index (κ1) is 10.7. The number of likely N-dealkylation sites (N-methyl/N-ethyl adjacent to an activating group) is 1. The van der Waals surface area contributed by atoms with Gasteiger partial charge in [-0.05, 0) is 13.5 Å². The highest BCUT2D eigenvalue weighted by molar-refractivity contribution is 5.89. The molecular weight excluding hydrogens is 166 g/mol. The molecule has 0 bridgehead atoms. The van der Waals surface area contributed by atoms with Gasteiger partial charge in [0.15, 0.2) is 5.78 Å². The lowest BCUT2D eigenvalue weighted by molar-refractivity contribution is -0.130. The number of carbonyl (C=O) groups excluding carboxylic acids is 1. The number of rotatable bonds is 1. The molecule has 1 N–H and O–H groups in total.